The molecule has 0 aliphatic carbocycles. The minimum Gasteiger partial charge on any atom is -0.324 e. The molecule has 0 aromatic heterocycles. The van der Waals surface area contributed by atoms with Crippen LogP contribution in [-0.2, 0) is 10.0 Å². The molecule has 1 heterocycles. The third kappa shape index (κ3) is 3.05. The number of rotatable bonds is 5. The van der Waals surface area contributed by atoms with Crippen molar-refractivity contribution in [3.8, 4) is 0 Å². The molecule has 2 unspecified atom stereocenters. The summed E-state index contributed by atoms with van der Waals surface area (Å²) in [5.74, 6) is 0.492. The van der Waals surface area contributed by atoms with Crippen molar-refractivity contribution >= 4 is 10.0 Å². The molecular weight excluding hydrogens is 272 g/mol. The molecule has 0 bridgehead atoms. The molecule has 0 radical (unpaired) electrons. The van der Waals surface area contributed by atoms with Crippen LogP contribution in [0.1, 0.15) is 44.7 Å². The van der Waals surface area contributed by atoms with E-state index in [1.54, 1.807) is 22.5 Å². The van der Waals surface area contributed by atoms with Crippen LogP contribution < -0.4 is 5.73 Å². The zero-order valence-electron chi connectivity index (χ0n) is 12.2. The summed E-state index contributed by atoms with van der Waals surface area (Å²) >= 11 is 0. The van der Waals surface area contributed by atoms with Gasteiger partial charge in [0.25, 0.3) is 0 Å². The van der Waals surface area contributed by atoms with Gasteiger partial charge in [0.2, 0.25) is 10.0 Å². The summed E-state index contributed by atoms with van der Waals surface area (Å²) in [5.41, 5.74) is 6.88. The second-order valence-corrected chi connectivity index (χ2v) is 7.45. The molecule has 1 aromatic rings. The molecule has 5 heteroatoms. The van der Waals surface area contributed by atoms with Crippen molar-refractivity contribution in [2.75, 3.05) is 13.1 Å². The highest BCUT2D eigenvalue weighted by atomic mass is 32.2. The van der Waals surface area contributed by atoms with E-state index in [2.05, 4.69) is 6.92 Å². The lowest BCUT2D eigenvalue weighted by molar-refractivity contribution is 0.453. The predicted molar refractivity (Wildman–Crippen MR) is 80.8 cm³/mol. The van der Waals surface area contributed by atoms with Crippen LogP contribution in [0.5, 0.6) is 0 Å². The lowest BCUT2D eigenvalue weighted by atomic mass is 10.1. The van der Waals surface area contributed by atoms with Gasteiger partial charge in [-0.25, -0.2) is 8.42 Å². The fourth-order valence-corrected chi connectivity index (χ4v) is 4.23. The summed E-state index contributed by atoms with van der Waals surface area (Å²) in [4.78, 5) is 0.371. The number of benzene rings is 1. The van der Waals surface area contributed by atoms with Crippen LogP contribution in [0, 0.1) is 5.92 Å². The maximum Gasteiger partial charge on any atom is 0.243 e. The molecule has 1 aliphatic heterocycles. The van der Waals surface area contributed by atoms with Crippen molar-refractivity contribution < 1.29 is 8.42 Å². The van der Waals surface area contributed by atoms with Crippen molar-refractivity contribution in [1.29, 1.82) is 0 Å². The first-order valence-electron chi connectivity index (χ1n) is 7.34. The van der Waals surface area contributed by atoms with E-state index in [1.165, 1.54) is 0 Å². The Morgan fingerprint density at radius 3 is 2.75 bits per heavy atom. The summed E-state index contributed by atoms with van der Waals surface area (Å²) in [7, 11) is -3.37. The van der Waals surface area contributed by atoms with E-state index >= 15 is 0 Å². The molecule has 0 spiro atoms. The van der Waals surface area contributed by atoms with Crippen molar-refractivity contribution in [2.45, 2.75) is 44.0 Å². The largest absolute Gasteiger partial charge is 0.324 e. The van der Waals surface area contributed by atoms with E-state index in [0.29, 0.717) is 23.9 Å². The lowest BCUT2D eigenvalue weighted by Gasteiger charge is -2.18. The number of sulfonamides is 1. The van der Waals surface area contributed by atoms with E-state index in [9.17, 15) is 8.42 Å². The molecule has 0 amide bonds. The third-order valence-electron chi connectivity index (χ3n) is 4.19. The zero-order valence-corrected chi connectivity index (χ0v) is 13.1. The van der Waals surface area contributed by atoms with Crippen molar-refractivity contribution in [1.82, 2.24) is 4.31 Å². The van der Waals surface area contributed by atoms with Gasteiger partial charge in [-0.2, -0.15) is 4.31 Å². The topological polar surface area (TPSA) is 63.4 Å². The fraction of sp³-hybridized carbons (Fsp3) is 0.600. The van der Waals surface area contributed by atoms with E-state index in [-0.39, 0.29) is 6.04 Å². The first-order valence-corrected chi connectivity index (χ1v) is 8.78. The van der Waals surface area contributed by atoms with Gasteiger partial charge in [-0.1, -0.05) is 32.4 Å². The summed E-state index contributed by atoms with van der Waals surface area (Å²) in [6.45, 7) is 5.38. The normalized spacial score (nSPS) is 22.1. The second-order valence-electron chi connectivity index (χ2n) is 5.51. The van der Waals surface area contributed by atoms with Gasteiger partial charge in [0.15, 0.2) is 0 Å². The zero-order chi connectivity index (χ0) is 14.8. The summed E-state index contributed by atoms with van der Waals surface area (Å²) in [6.07, 6.45) is 2.79. The summed E-state index contributed by atoms with van der Waals surface area (Å²) < 4.78 is 26.9. The SMILES string of the molecule is CCC1CCN(S(=O)(=O)c2cccc(C(N)CC)c2)C1. The minimum atomic E-state index is -3.37. The van der Waals surface area contributed by atoms with Crippen LogP contribution in [0.15, 0.2) is 29.2 Å². The van der Waals surface area contributed by atoms with E-state index < -0.39 is 10.0 Å². The van der Waals surface area contributed by atoms with Gasteiger partial charge in [-0.15, -0.1) is 0 Å². The Morgan fingerprint density at radius 2 is 2.15 bits per heavy atom. The molecule has 4 nitrogen and oxygen atoms in total. The van der Waals surface area contributed by atoms with Crippen LogP contribution >= 0.6 is 0 Å². The van der Waals surface area contributed by atoms with Crippen LogP contribution in [0.3, 0.4) is 0 Å². The van der Waals surface area contributed by atoms with Gasteiger partial charge in [-0.3, -0.25) is 0 Å². The maximum absolute atomic E-state index is 12.6. The van der Waals surface area contributed by atoms with Crippen LogP contribution in [0.25, 0.3) is 0 Å². The Balaban J connectivity index is 2.26. The summed E-state index contributed by atoms with van der Waals surface area (Å²) in [5, 5.41) is 0. The molecule has 1 aliphatic rings. The highest BCUT2D eigenvalue weighted by molar-refractivity contribution is 7.89. The van der Waals surface area contributed by atoms with Gasteiger partial charge < -0.3 is 5.73 Å². The Hall–Kier alpha value is -0.910. The average molecular weight is 296 g/mol. The first-order chi connectivity index (χ1) is 9.48. The standard InChI is InChI=1S/C15H24N2O2S/c1-3-12-8-9-17(11-12)20(18,19)14-7-5-6-13(10-14)15(16)4-2/h5-7,10,12,15H,3-4,8-9,11,16H2,1-2H3. The van der Waals surface area contributed by atoms with Gasteiger partial charge in [0.1, 0.15) is 0 Å². The summed E-state index contributed by atoms with van der Waals surface area (Å²) in [6, 6.07) is 6.97. The molecule has 1 saturated heterocycles. The van der Waals surface area contributed by atoms with E-state index in [0.717, 1.165) is 24.8 Å². The third-order valence-corrected chi connectivity index (χ3v) is 6.05. The molecule has 20 heavy (non-hydrogen) atoms. The quantitative estimate of drug-likeness (QED) is 0.908. The Kier molecular flexibility index (Phi) is 4.83. The fourth-order valence-electron chi connectivity index (χ4n) is 2.64. The van der Waals surface area contributed by atoms with Gasteiger partial charge in [0.05, 0.1) is 4.90 Å². The van der Waals surface area contributed by atoms with Gasteiger partial charge in [-0.05, 0) is 36.5 Å². The van der Waals surface area contributed by atoms with Crippen LogP contribution in [0.4, 0.5) is 0 Å². The lowest BCUT2D eigenvalue weighted by Crippen LogP contribution is -2.29. The van der Waals surface area contributed by atoms with E-state index in [4.69, 9.17) is 5.73 Å². The molecule has 112 valence electrons. The number of nitrogens with two attached hydrogens (primary N) is 1. The van der Waals surface area contributed by atoms with Crippen LogP contribution in [-0.4, -0.2) is 25.8 Å². The van der Waals surface area contributed by atoms with Crippen LogP contribution in [0.2, 0.25) is 0 Å². The second kappa shape index (κ2) is 6.24. The molecule has 2 rings (SSSR count). The first kappa shape index (κ1) is 15.5. The highest BCUT2D eigenvalue weighted by Crippen LogP contribution is 2.27. The highest BCUT2D eigenvalue weighted by Gasteiger charge is 2.31. The molecule has 2 atom stereocenters. The van der Waals surface area contributed by atoms with Gasteiger partial charge in [0, 0.05) is 19.1 Å². The van der Waals surface area contributed by atoms with Crippen molar-refractivity contribution in [3.63, 3.8) is 0 Å². The Labute approximate surface area is 122 Å². The van der Waals surface area contributed by atoms with Crippen molar-refractivity contribution in [3.05, 3.63) is 29.8 Å². The Bertz CT molecular complexity index is 557. The molecule has 1 aromatic carbocycles. The average Bonchev–Trinajstić information content (AvgIpc) is 2.96. The Morgan fingerprint density at radius 1 is 1.40 bits per heavy atom. The van der Waals surface area contributed by atoms with Gasteiger partial charge >= 0.3 is 0 Å². The van der Waals surface area contributed by atoms with Crippen molar-refractivity contribution in [2.24, 2.45) is 11.7 Å². The smallest absolute Gasteiger partial charge is 0.243 e. The van der Waals surface area contributed by atoms with E-state index in [1.807, 2.05) is 13.0 Å². The number of hydrogen-bond acceptors (Lipinski definition) is 3. The monoisotopic (exact) mass is 296 g/mol. The minimum absolute atomic E-state index is 0.105. The number of hydrogen-bond donors (Lipinski definition) is 1. The molecule has 1 fully saturated rings. The predicted octanol–water partition coefficient (Wildman–Crippen LogP) is 2.52. The molecular formula is C15H24N2O2S. The number of nitrogens with zero attached hydrogens (tertiary/aromatic N) is 1. The maximum atomic E-state index is 12.6. The molecule has 0 saturated carbocycles. The molecule has 2 N–H and O–H groups in total.